The Morgan fingerprint density at radius 3 is 2.89 bits per heavy atom. The molecule has 0 aliphatic rings. The number of nitrogens with one attached hydrogen (secondary N) is 1. The number of aromatic carboxylic acids is 1. The summed E-state index contributed by atoms with van der Waals surface area (Å²) in [6.45, 7) is 2.44. The minimum atomic E-state index is -1.09. The van der Waals surface area contributed by atoms with Gasteiger partial charge >= 0.3 is 5.97 Å². The van der Waals surface area contributed by atoms with Gasteiger partial charge in [-0.15, -0.1) is 0 Å². The van der Waals surface area contributed by atoms with Gasteiger partial charge in [0.15, 0.2) is 5.69 Å². The smallest absolute Gasteiger partial charge is 0.356 e. The molecule has 0 spiro atoms. The number of aryl methyl sites for hydroxylation is 2. The number of aromatic nitrogens is 4. The molecule has 2 heterocycles. The molecule has 94 valence electrons. The quantitative estimate of drug-likeness (QED) is 0.831. The topological polar surface area (TPSA) is 92.9 Å². The van der Waals surface area contributed by atoms with Gasteiger partial charge in [-0.25, -0.2) is 9.78 Å². The third-order valence-electron chi connectivity index (χ3n) is 2.43. The second-order valence-electron chi connectivity index (χ2n) is 3.86. The number of hydrogen-bond donors (Lipinski definition) is 2. The Labute approximate surface area is 104 Å². The van der Waals surface area contributed by atoms with Crippen molar-refractivity contribution in [2.45, 2.75) is 13.5 Å². The molecule has 0 bridgehead atoms. The summed E-state index contributed by atoms with van der Waals surface area (Å²) in [6, 6.07) is 0. The predicted molar refractivity (Wildman–Crippen MR) is 64.3 cm³/mol. The average Bonchev–Trinajstić information content (AvgIpc) is 2.65. The first-order chi connectivity index (χ1) is 8.56. The van der Waals surface area contributed by atoms with Gasteiger partial charge in [0.1, 0.15) is 5.82 Å². The lowest BCUT2D eigenvalue weighted by molar-refractivity contribution is 0.0690. The highest BCUT2D eigenvalue weighted by Gasteiger charge is 2.07. The van der Waals surface area contributed by atoms with Gasteiger partial charge < -0.3 is 10.4 Å². The van der Waals surface area contributed by atoms with E-state index >= 15 is 0 Å². The van der Waals surface area contributed by atoms with E-state index in [0.29, 0.717) is 12.4 Å². The van der Waals surface area contributed by atoms with E-state index in [4.69, 9.17) is 5.11 Å². The van der Waals surface area contributed by atoms with Crippen molar-refractivity contribution >= 4 is 11.8 Å². The van der Waals surface area contributed by atoms with E-state index in [1.54, 1.807) is 4.68 Å². The van der Waals surface area contributed by atoms with Crippen LogP contribution in [0.15, 0.2) is 18.6 Å². The number of anilines is 1. The number of carboxylic acids is 1. The SMILES string of the molecule is Cc1nn(C)cc1CNc1cncc(C(=O)O)n1. The van der Waals surface area contributed by atoms with Crippen LogP contribution in [-0.2, 0) is 13.6 Å². The molecule has 18 heavy (non-hydrogen) atoms. The van der Waals surface area contributed by atoms with Crippen molar-refractivity contribution in [3.63, 3.8) is 0 Å². The molecule has 0 aliphatic carbocycles. The Balaban J connectivity index is 2.08. The summed E-state index contributed by atoms with van der Waals surface area (Å²) in [5, 5.41) is 16.0. The molecule has 0 aromatic carbocycles. The minimum Gasteiger partial charge on any atom is -0.476 e. The Morgan fingerprint density at radius 1 is 1.50 bits per heavy atom. The van der Waals surface area contributed by atoms with Gasteiger partial charge in [0.05, 0.1) is 18.1 Å². The monoisotopic (exact) mass is 247 g/mol. The maximum absolute atomic E-state index is 10.7. The largest absolute Gasteiger partial charge is 0.476 e. The van der Waals surface area contributed by atoms with Crippen LogP contribution in [-0.4, -0.2) is 30.8 Å². The van der Waals surface area contributed by atoms with Gasteiger partial charge in [0.2, 0.25) is 0 Å². The first kappa shape index (κ1) is 12.0. The van der Waals surface area contributed by atoms with E-state index in [1.165, 1.54) is 12.4 Å². The molecule has 0 saturated carbocycles. The van der Waals surface area contributed by atoms with Crippen LogP contribution >= 0.6 is 0 Å². The molecule has 0 unspecified atom stereocenters. The maximum atomic E-state index is 10.7. The van der Waals surface area contributed by atoms with Crippen molar-refractivity contribution in [3.05, 3.63) is 35.5 Å². The minimum absolute atomic E-state index is 0.0806. The Hall–Kier alpha value is -2.44. The molecule has 7 heteroatoms. The third-order valence-corrected chi connectivity index (χ3v) is 2.43. The number of nitrogens with zero attached hydrogens (tertiary/aromatic N) is 4. The second kappa shape index (κ2) is 4.82. The van der Waals surface area contributed by atoms with Gasteiger partial charge in [-0.3, -0.25) is 9.67 Å². The van der Waals surface area contributed by atoms with Crippen LogP contribution in [0.3, 0.4) is 0 Å². The molecule has 2 aromatic heterocycles. The van der Waals surface area contributed by atoms with E-state index < -0.39 is 5.97 Å². The average molecular weight is 247 g/mol. The first-order valence-corrected chi connectivity index (χ1v) is 5.34. The highest BCUT2D eigenvalue weighted by Crippen LogP contribution is 2.08. The fraction of sp³-hybridized carbons (Fsp3) is 0.273. The second-order valence-corrected chi connectivity index (χ2v) is 3.86. The maximum Gasteiger partial charge on any atom is 0.356 e. The number of carbonyl (C=O) groups is 1. The molecule has 0 fully saturated rings. The molecule has 0 aliphatic heterocycles. The van der Waals surface area contributed by atoms with Crippen LogP contribution in [0.2, 0.25) is 0 Å². The molecule has 7 nitrogen and oxygen atoms in total. The highest BCUT2D eigenvalue weighted by molar-refractivity contribution is 5.85. The van der Waals surface area contributed by atoms with Gasteiger partial charge in [-0.2, -0.15) is 5.10 Å². The van der Waals surface area contributed by atoms with Crippen LogP contribution in [0.1, 0.15) is 21.7 Å². The van der Waals surface area contributed by atoms with Crippen molar-refractivity contribution in [2.24, 2.45) is 7.05 Å². The normalized spacial score (nSPS) is 10.3. The van der Waals surface area contributed by atoms with Gasteiger partial charge in [-0.05, 0) is 6.92 Å². The van der Waals surface area contributed by atoms with Gasteiger partial charge in [-0.1, -0.05) is 0 Å². The summed E-state index contributed by atoms with van der Waals surface area (Å²) in [6.07, 6.45) is 4.60. The summed E-state index contributed by atoms with van der Waals surface area (Å²) >= 11 is 0. The van der Waals surface area contributed by atoms with Crippen molar-refractivity contribution in [2.75, 3.05) is 5.32 Å². The molecular formula is C11H13N5O2. The molecule has 2 N–H and O–H groups in total. The lowest BCUT2D eigenvalue weighted by Gasteiger charge is -2.04. The summed E-state index contributed by atoms with van der Waals surface area (Å²) in [4.78, 5) is 18.5. The standard InChI is InChI=1S/C11H13N5O2/c1-7-8(6-16(2)15-7)3-13-10-5-12-4-9(14-10)11(17)18/h4-6H,3H2,1-2H3,(H,13,14)(H,17,18). The van der Waals surface area contributed by atoms with Gasteiger partial charge in [0.25, 0.3) is 0 Å². The van der Waals surface area contributed by atoms with E-state index in [2.05, 4.69) is 20.4 Å². The zero-order chi connectivity index (χ0) is 13.1. The fourth-order valence-electron chi connectivity index (χ4n) is 1.56. The number of carboxylic acid groups (broad SMARTS) is 1. The number of hydrogen-bond acceptors (Lipinski definition) is 5. The summed E-state index contributed by atoms with van der Waals surface area (Å²) in [7, 11) is 1.85. The zero-order valence-electron chi connectivity index (χ0n) is 10.1. The first-order valence-electron chi connectivity index (χ1n) is 5.34. The Bertz CT molecular complexity index is 579. The van der Waals surface area contributed by atoms with Gasteiger partial charge in [0, 0.05) is 25.4 Å². The molecule has 0 atom stereocenters. The zero-order valence-corrected chi connectivity index (χ0v) is 10.1. The van der Waals surface area contributed by atoms with E-state index in [9.17, 15) is 4.79 Å². The lowest BCUT2D eigenvalue weighted by atomic mass is 10.2. The summed E-state index contributed by atoms with van der Waals surface area (Å²) in [5.74, 6) is -0.665. The van der Waals surface area contributed by atoms with E-state index in [0.717, 1.165) is 11.3 Å². The fourth-order valence-corrected chi connectivity index (χ4v) is 1.56. The predicted octanol–water partition coefficient (Wildman–Crippen LogP) is 0.829. The summed E-state index contributed by atoms with van der Waals surface area (Å²) < 4.78 is 1.73. The van der Waals surface area contributed by atoms with E-state index in [-0.39, 0.29) is 5.69 Å². The molecule has 0 saturated heterocycles. The summed E-state index contributed by atoms with van der Waals surface area (Å²) in [5.41, 5.74) is 1.87. The van der Waals surface area contributed by atoms with Crippen molar-refractivity contribution in [1.82, 2.24) is 19.7 Å². The van der Waals surface area contributed by atoms with Crippen LogP contribution in [0, 0.1) is 6.92 Å². The Morgan fingerprint density at radius 2 is 2.28 bits per heavy atom. The molecule has 0 amide bonds. The Kier molecular flexibility index (Phi) is 3.22. The van der Waals surface area contributed by atoms with Crippen molar-refractivity contribution in [1.29, 1.82) is 0 Å². The van der Waals surface area contributed by atoms with E-state index in [1.807, 2.05) is 20.2 Å². The molecule has 0 radical (unpaired) electrons. The van der Waals surface area contributed by atoms with Crippen LogP contribution in [0.5, 0.6) is 0 Å². The van der Waals surface area contributed by atoms with Crippen molar-refractivity contribution < 1.29 is 9.90 Å². The molecular weight excluding hydrogens is 234 g/mol. The molecule has 2 rings (SSSR count). The van der Waals surface area contributed by atoms with Crippen molar-refractivity contribution in [3.8, 4) is 0 Å². The lowest BCUT2D eigenvalue weighted by Crippen LogP contribution is -2.07. The highest BCUT2D eigenvalue weighted by atomic mass is 16.4. The van der Waals surface area contributed by atoms with Crippen LogP contribution < -0.4 is 5.32 Å². The molecule has 2 aromatic rings. The number of rotatable bonds is 4. The third kappa shape index (κ3) is 2.62. The van der Waals surface area contributed by atoms with Crippen LogP contribution in [0.25, 0.3) is 0 Å². The van der Waals surface area contributed by atoms with Crippen LogP contribution in [0.4, 0.5) is 5.82 Å².